The molecule has 0 bridgehead atoms. The molecule has 0 saturated carbocycles. The number of halogens is 2. The first kappa shape index (κ1) is 15.6. The van der Waals surface area contributed by atoms with Gasteiger partial charge >= 0.3 is 0 Å². The molecule has 20 heavy (non-hydrogen) atoms. The van der Waals surface area contributed by atoms with Crippen molar-refractivity contribution in [3.05, 3.63) is 68.1 Å². The van der Waals surface area contributed by atoms with E-state index < -0.39 is 0 Å². The molecule has 3 heteroatoms. The Bertz CT molecular complexity index is 610. The molecular formula is C17H19BrClN. The van der Waals surface area contributed by atoms with Gasteiger partial charge in [-0.05, 0) is 59.1 Å². The molecule has 0 aliphatic rings. The third kappa shape index (κ3) is 3.25. The van der Waals surface area contributed by atoms with Crippen molar-refractivity contribution >= 4 is 27.5 Å². The van der Waals surface area contributed by atoms with Crippen LogP contribution in [0.25, 0.3) is 0 Å². The molecule has 0 aliphatic heterocycles. The molecule has 1 atom stereocenters. The Morgan fingerprint density at radius 2 is 1.90 bits per heavy atom. The van der Waals surface area contributed by atoms with Crippen LogP contribution in [0.3, 0.4) is 0 Å². The summed E-state index contributed by atoms with van der Waals surface area (Å²) in [4.78, 5) is 0. The van der Waals surface area contributed by atoms with E-state index in [-0.39, 0.29) is 6.04 Å². The molecule has 0 aromatic heterocycles. The Hall–Kier alpha value is -0.830. The van der Waals surface area contributed by atoms with Crippen molar-refractivity contribution in [1.29, 1.82) is 0 Å². The smallest absolute Gasteiger partial charge is 0.0599 e. The molecule has 106 valence electrons. The average molecular weight is 353 g/mol. The van der Waals surface area contributed by atoms with Crippen LogP contribution in [-0.2, 0) is 0 Å². The third-order valence-corrected chi connectivity index (χ3v) is 4.75. The van der Waals surface area contributed by atoms with Gasteiger partial charge in [-0.1, -0.05) is 54.4 Å². The molecule has 0 saturated heterocycles. The second kappa shape index (κ2) is 6.75. The third-order valence-electron chi connectivity index (χ3n) is 3.44. The lowest BCUT2D eigenvalue weighted by Gasteiger charge is -2.22. The summed E-state index contributed by atoms with van der Waals surface area (Å²) < 4.78 is 0.935. The maximum absolute atomic E-state index is 6.47. The number of nitrogens with one attached hydrogen (secondary N) is 1. The quantitative estimate of drug-likeness (QED) is 0.775. The zero-order chi connectivity index (χ0) is 14.7. The molecule has 2 rings (SSSR count). The van der Waals surface area contributed by atoms with E-state index >= 15 is 0 Å². The fourth-order valence-electron chi connectivity index (χ4n) is 2.48. The van der Waals surface area contributed by atoms with Gasteiger partial charge in [-0.2, -0.15) is 0 Å². The van der Waals surface area contributed by atoms with E-state index in [0.29, 0.717) is 0 Å². The van der Waals surface area contributed by atoms with Crippen molar-refractivity contribution in [2.24, 2.45) is 0 Å². The molecule has 0 heterocycles. The number of hydrogen-bond acceptors (Lipinski definition) is 1. The SMILES string of the molecule is CCNC(c1ccc(C)cc1C)c1cccc(Br)c1Cl. The Morgan fingerprint density at radius 3 is 2.55 bits per heavy atom. The van der Waals surface area contributed by atoms with E-state index in [0.717, 1.165) is 21.6 Å². The highest BCUT2D eigenvalue weighted by Crippen LogP contribution is 2.34. The van der Waals surface area contributed by atoms with Crippen molar-refractivity contribution in [3.63, 3.8) is 0 Å². The molecule has 0 fully saturated rings. The Morgan fingerprint density at radius 1 is 1.15 bits per heavy atom. The zero-order valence-corrected chi connectivity index (χ0v) is 14.3. The monoisotopic (exact) mass is 351 g/mol. The molecule has 0 amide bonds. The number of rotatable bonds is 4. The van der Waals surface area contributed by atoms with Crippen LogP contribution in [0.15, 0.2) is 40.9 Å². The first-order valence-corrected chi connectivity index (χ1v) is 7.96. The molecule has 1 N–H and O–H groups in total. The number of benzene rings is 2. The summed E-state index contributed by atoms with van der Waals surface area (Å²) >= 11 is 9.98. The maximum Gasteiger partial charge on any atom is 0.0599 e. The Kier molecular flexibility index (Phi) is 5.25. The second-order valence-electron chi connectivity index (χ2n) is 4.99. The summed E-state index contributed by atoms with van der Waals surface area (Å²) in [5.41, 5.74) is 4.95. The standard InChI is InChI=1S/C17H19BrClN/c1-4-20-17(13-9-8-11(2)10-12(13)3)14-6-5-7-15(18)16(14)19/h5-10,17,20H,4H2,1-3H3. The van der Waals surface area contributed by atoms with Gasteiger partial charge in [0.25, 0.3) is 0 Å². The van der Waals surface area contributed by atoms with Gasteiger partial charge in [0, 0.05) is 4.47 Å². The van der Waals surface area contributed by atoms with Crippen molar-refractivity contribution in [1.82, 2.24) is 5.32 Å². The van der Waals surface area contributed by atoms with Gasteiger partial charge in [0.05, 0.1) is 11.1 Å². The van der Waals surface area contributed by atoms with Crippen LogP contribution >= 0.6 is 27.5 Å². The van der Waals surface area contributed by atoms with Crippen LogP contribution in [0, 0.1) is 13.8 Å². The molecule has 0 radical (unpaired) electrons. The maximum atomic E-state index is 6.47. The minimum Gasteiger partial charge on any atom is -0.306 e. The summed E-state index contributed by atoms with van der Waals surface area (Å²) in [6.45, 7) is 7.27. The Labute approximate surface area is 134 Å². The predicted molar refractivity (Wildman–Crippen MR) is 90.6 cm³/mol. The highest BCUT2D eigenvalue weighted by Gasteiger charge is 2.18. The number of aryl methyl sites for hydroxylation is 2. The molecule has 0 spiro atoms. The highest BCUT2D eigenvalue weighted by atomic mass is 79.9. The molecule has 1 unspecified atom stereocenters. The highest BCUT2D eigenvalue weighted by molar-refractivity contribution is 9.10. The van der Waals surface area contributed by atoms with Crippen LogP contribution < -0.4 is 5.32 Å². The van der Waals surface area contributed by atoms with Crippen molar-refractivity contribution < 1.29 is 0 Å². The predicted octanol–water partition coefficient (Wildman–Crippen LogP) is 5.42. The summed E-state index contributed by atoms with van der Waals surface area (Å²) in [6, 6.07) is 12.8. The van der Waals surface area contributed by atoms with E-state index in [1.807, 2.05) is 12.1 Å². The van der Waals surface area contributed by atoms with Crippen LogP contribution in [0.4, 0.5) is 0 Å². The summed E-state index contributed by atoms with van der Waals surface area (Å²) in [5, 5.41) is 4.31. The Balaban J connectivity index is 2.53. The van der Waals surface area contributed by atoms with E-state index in [1.54, 1.807) is 0 Å². The normalized spacial score (nSPS) is 12.4. The van der Waals surface area contributed by atoms with Gasteiger partial charge < -0.3 is 5.32 Å². The summed E-state index contributed by atoms with van der Waals surface area (Å²) in [5.74, 6) is 0. The van der Waals surface area contributed by atoms with E-state index in [9.17, 15) is 0 Å². The zero-order valence-electron chi connectivity index (χ0n) is 12.0. The van der Waals surface area contributed by atoms with E-state index in [1.165, 1.54) is 16.7 Å². The minimum atomic E-state index is 0.116. The summed E-state index contributed by atoms with van der Waals surface area (Å²) in [6.07, 6.45) is 0. The first-order chi connectivity index (χ1) is 9.54. The fraction of sp³-hybridized carbons (Fsp3) is 0.294. The second-order valence-corrected chi connectivity index (χ2v) is 6.23. The van der Waals surface area contributed by atoms with Crippen LogP contribution in [0.2, 0.25) is 5.02 Å². The first-order valence-electron chi connectivity index (χ1n) is 6.79. The van der Waals surface area contributed by atoms with Crippen molar-refractivity contribution in [2.45, 2.75) is 26.8 Å². The summed E-state index contributed by atoms with van der Waals surface area (Å²) in [7, 11) is 0. The average Bonchev–Trinajstić information content (AvgIpc) is 2.40. The van der Waals surface area contributed by atoms with Gasteiger partial charge in [-0.3, -0.25) is 0 Å². The fourth-order valence-corrected chi connectivity index (χ4v) is 3.10. The lowest BCUT2D eigenvalue weighted by atomic mass is 9.94. The minimum absolute atomic E-state index is 0.116. The van der Waals surface area contributed by atoms with Gasteiger partial charge in [0.15, 0.2) is 0 Å². The van der Waals surface area contributed by atoms with Crippen molar-refractivity contribution in [3.8, 4) is 0 Å². The van der Waals surface area contributed by atoms with Crippen molar-refractivity contribution in [2.75, 3.05) is 6.54 Å². The molecule has 0 aliphatic carbocycles. The van der Waals surface area contributed by atoms with Gasteiger partial charge in [-0.25, -0.2) is 0 Å². The van der Waals surface area contributed by atoms with E-state index in [4.69, 9.17) is 11.6 Å². The lowest BCUT2D eigenvalue weighted by molar-refractivity contribution is 0.627. The topological polar surface area (TPSA) is 12.0 Å². The molecule has 1 nitrogen and oxygen atoms in total. The van der Waals surface area contributed by atoms with Crippen LogP contribution in [0.1, 0.15) is 35.2 Å². The van der Waals surface area contributed by atoms with E-state index in [2.05, 4.69) is 66.3 Å². The van der Waals surface area contributed by atoms with Gasteiger partial charge in [0.1, 0.15) is 0 Å². The molecular weight excluding hydrogens is 334 g/mol. The van der Waals surface area contributed by atoms with Crippen LogP contribution in [0.5, 0.6) is 0 Å². The van der Waals surface area contributed by atoms with Gasteiger partial charge in [0.2, 0.25) is 0 Å². The van der Waals surface area contributed by atoms with Gasteiger partial charge in [-0.15, -0.1) is 0 Å². The number of hydrogen-bond donors (Lipinski definition) is 1. The molecule has 2 aromatic rings. The lowest BCUT2D eigenvalue weighted by Crippen LogP contribution is -2.23. The molecule has 2 aromatic carbocycles. The largest absolute Gasteiger partial charge is 0.306 e. The van der Waals surface area contributed by atoms with Crippen LogP contribution in [-0.4, -0.2) is 6.54 Å².